The van der Waals surface area contributed by atoms with Crippen molar-refractivity contribution in [2.24, 2.45) is 17.8 Å². The van der Waals surface area contributed by atoms with Crippen LogP contribution in [0, 0.1) is 17.8 Å². The number of carbonyl (C=O) groups excluding carboxylic acids is 1. The SMILES string of the molecule is CC1CC2CCCC(C1)C2Nc1nc(N)c(C(=O)c2ccc3c(c2)OCCO3)s1. The van der Waals surface area contributed by atoms with Gasteiger partial charge in [-0.3, -0.25) is 4.79 Å². The van der Waals surface area contributed by atoms with Gasteiger partial charge in [0.15, 0.2) is 16.6 Å². The van der Waals surface area contributed by atoms with Crippen LogP contribution in [0.3, 0.4) is 0 Å². The van der Waals surface area contributed by atoms with Crippen molar-refractivity contribution in [1.82, 2.24) is 4.98 Å². The highest BCUT2D eigenvalue weighted by Crippen LogP contribution is 2.44. The van der Waals surface area contributed by atoms with Crippen molar-refractivity contribution in [3.63, 3.8) is 0 Å². The standard InChI is InChI=1S/C22H27N3O3S/c1-12-9-13-3-2-4-14(10-12)18(13)24-22-25-21(23)20(29-22)19(26)15-5-6-16-17(11-15)28-8-7-27-16/h5-6,11-14,18H,2-4,7-10,23H2,1H3,(H,24,25). The average Bonchev–Trinajstić information content (AvgIpc) is 3.08. The Morgan fingerprint density at radius 3 is 2.66 bits per heavy atom. The topological polar surface area (TPSA) is 86.5 Å². The number of aromatic nitrogens is 1. The molecule has 6 nitrogen and oxygen atoms in total. The van der Waals surface area contributed by atoms with Crippen LogP contribution in [0.4, 0.5) is 10.9 Å². The minimum atomic E-state index is -0.123. The Morgan fingerprint density at radius 1 is 1.17 bits per heavy atom. The van der Waals surface area contributed by atoms with Crippen molar-refractivity contribution < 1.29 is 14.3 Å². The lowest BCUT2D eigenvalue weighted by Gasteiger charge is -2.45. The molecule has 29 heavy (non-hydrogen) atoms. The van der Waals surface area contributed by atoms with Crippen molar-refractivity contribution >= 4 is 28.1 Å². The monoisotopic (exact) mass is 413 g/mol. The minimum absolute atomic E-state index is 0.123. The highest BCUT2D eigenvalue weighted by molar-refractivity contribution is 7.18. The van der Waals surface area contributed by atoms with E-state index < -0.39 is 0 Å². The van der Waals surface area contributed by atoms with Gasteiger partial charge in [-0.25, -0.2) is 4.98 Å². The van der Waals surface area contributed by atoms with Gasteiger partial charge in [0.2, 0.25) is 5.78 Å². The number of nitrogen functional groups attached to an aromatic ring is 1. The van der Waals surface area contributed by atoms with Crippen LogP contribution in [0.5, 0.6) is 11.5 Å². The number of thiazole rings is 1. The predicted molar refractivity (Wildman–Crippen MR) is 114 cm³/mol. The maximum absolute atomic E-state index is 13.1. The van der Waals surface area contributed by atoms with Gasteiger partial charge in [-0.2, -0.15) is 0 Å². The van der Waals surface area contributed by atoms with Gasteiger partial charge in [-0.15, -0.1) is 0 Å². The predicted octanol–water partition coefficient (Wildman–Crippen LogP) is 4.35. The number of nitrogens with zero attached hydrogens (tertiary/aromatic N) is 1. The summed E-state index contributed by atoms with van der Waals surface area (Å²) < 4.78 is 11.1. The fraction of sp³-hybridized carbons (Fsp3) is 0.545. The summed E-state index contributed by atoms with van der Waals surface area (Å²) in [4.78, 5) is 18.0. The third kappa shape index (κ3) is 3.56. The molecule has 2 bridgehead atoms. The minimum Gasteiger partial charge on any atom is -0.486 e. The van der Waals surface area contributed by atoms with E-state index in [2.05, 4.69) is 17.2 Å². The van der Waals surface area contributed by atoms with Crippen LogP contribution in [0.25, 0.3) is 0 Å². The number of ether oxygens (including phenoxy) is 2. The van der Waals surface area contributed by atoms with Crippen LogP contribution in [-0.4, -0.2) is 30.0 Å². The molecule has 7 heteroatoms. The van der Waals surface area contributed by atoms with Crippen LogP contribution in [-0.2, 0) is 0 Å². The highest BCUT2D eigenvalue weighted by atomic mass is 32.1. The number of hydrogen-bond acceptors (Lipinski definition) is 7. The number of benzene rings is 1. The summed E-state index contributed by atoms with van der Waals surface area (Å²) in [7, 11) is 0. The van der Waals surface area contributed by atoms with Gasteiger partial charge in [-0.1, -0.05) is 24.7 Å². The van der Waals surface area contributed by atoms with Gasteiger partial charge < -0.3 is 20.5 Å². The van der Waals surface area contributed by atoms with E-state index in [0.717, 1.165) is 11.0 Å². The van der Waals surface area contributed by atoms with Crippen molar-refractivity contribution in [1.29, 1.82) is 0 Å². The Morgan fingerprint density at radius 2 is 1.90 bits per heavy atom. The molecule has 0 radical (unpaired) electrons. The molecule has 154 valence electrons. The molecule has 1 aliphatic heterocycles. The summed E-state index contributed by atoms with van der Waals surface area (Å²) in [6, 6.07) is 5.72. The van der Waals surface area contributed by atoms with E-state index in [0.29, 0.717) is 58.8 Å². The van der Waals surface area contributed by atoms with Crippen molar-refractivity contribution in [3.05, 3.63) is 28.6 Å². The highest BCUT2D eigenvalue weighted by Gasteiger charge is 2.39. The Hall–Kier alpha value is -2.28. The second kappa shape index (κ2) is 7.52. The molecule has 2 aliphatic carbocycles. The van der Waals surface area contributed by atoms with Gasteiger partial charge >= 0.3 is 0 Å². The largest absolute Gasteiger partial charge is 0.486 e. The quantitative estimate of drug-likeness (QED) is 0.725. The normalized spacial score (nSPS) is 28.0. The summed E-state index contributed by atoms with van der Waals surface area (Å²) in [6.07, 6.45) is 6.44. The van der Waals surface area contributed by atoms with E-state index in [1.54, 1.807) is 18.2 Å². The zero-order valence-corrected chi connectivity index (χ0v) is 17.5. The average molecular weight is 414 g/mol. The van der Waals surface area contributed by atoms with Gasteiger partial charge in [0, 0.05) is 11.6 Å². The van der Waals surface area contributed by atoms with E-state index in [4.69, 9.17) is 15.2 Å². The fourth-order valence-corrected chi connectivity index (χ4v) is 6.19. The molecule has 2 atom stereocenters. The lowest BCUT2D eigenvalue weighted by atomic mass is 9.65. The van der Waals surface area contributed by atoms with E-state index in [9.17, 15) is 4.79 Å². The van der Waals surface area contributed by atoms with Crippen LogP contribution < -0.4 is 20.5 Å². The Bertz CT molecular complexity index is 914. The smallest absolute Gasteiger partial charge is 0.206 e. The summed E-state index contributed by atoms with van der Waals surface area (Å²) >= 11 is 1.36. The number of nitrogens with two attached hydrogens (primary N) is 1. The lowest BCUT2D eigenvalue weighted by Crippen LogP contribution is -2.44. The molecule has 3 aliphatic rings. The molecule has 2 aromatic rings. The first-order valence-corrected chi connectivity index (χ1v) is 11.4. The Kier molecular flexibility index (Phi) is 4.86. The number of anilines is 2. The zero-order chi connectivity index (χ0) is 20.0. The summed E-state index contributed by atoms with van der Waals surface area (Å²) in [5.74, 6) is 3.64. The van der Waals surface area contributed by atoms with Crippen LogP contribution >= 0.6 is 11.3 Å². The molecular formula is C22H27N3O3S. The molecule has 2 fully saturated rings. The van der Waals surface area contributed by atoms with Crippen molar-refractivity contribution in [2.45, 2.75) is 45.1 Å². The molecule has 3 N–H and O–H groups in total. The number of rotatable bonds is 4. The number of hydrogen-bond donors (Lipinski definition) is 2. The second-order valence-electron chi connectivity index (χ2n) is 8.62. The molecule has 1 aromatic heterocycles. The first kappa shape index (κ1) is 18.7. The number of carbonyl (C=O) groups is 1. The maximum Gasteiger partial charge on any atom is 0.206 e. The van der Waals surface area contributed by atoms with Crippen LogP contribution in [0.15, 0.2) is 18.2 Å². The van der Waals surface area contributed by atoms with Gasteiger partial charge in [0.05, 0.1) is 0 Å². The molecule has 5 rings (SSSR count). The molecule has 1 aromatic carbocycles. The second-order valence-corrected chi connectivity index (χ2v) is 9.62. The van der Waals surface area contributed by atoms with Crippen molar-refractivity contribution in [2.75, 3.05) is 24.3 Å². The number of ketones is 1. The number of nitrogens with one attached hydrogen (secondary N) is 1. The fourth-order valence-electron chi connectivity index (χ4n) is 5.30. The molecule has 2 saturated carbocycles. The first-order chi connectivity index (χ1) is 14.1. The third-order valence-corrected chi connectivity index (χ3v) is 7.53. The Labute approximate surface area is 174 Å². The Balaban J connectivity index is 1.36. The van der Waals surface area contributed by atoms with Crippen LogP contribution in [0.1, 0.15) is 54.3 Å². The van der Waals surface area contributed by atoms with Crippen molar-refractivity contribution in [3.8, 4) is 11.5 Å². The van der Waals surface area contributed by atoms with E-state index >= 15 is 0 Å². The van der Waals surface area contributed by atoms with Gasteiger partial charge in [0.1, 0.15) is 23.9 Å². The summed E-state index contributed by atoms with van der Waals surface area (Å²) in [6.45, 7) is 3.38. The molecule has 2 heterocycles. The molecule has 0 spiro atoms. The third-order valence-electron chi connectivity index (χ3n) is 6.53. The molecule has 2 unspecified atom stereocenters. The molecular weight excluding hydrogens is 386 g/mol. The van der Waals surface area contributed by atoms with Crippen LogP contribution in [0.2, 0.25) is 0 Å². The first-order valence-electron chi connectivity index (χ1n) is 10.6. The van der Waals surface area contributed by atoms with E-state index in [-0.39, 0.29) is 5.78 Å². The van der Waals surface area contributed by atoms with Gasteiger partial charge in [0.25, 0.3) is 0 Å². The number of fused-ring (bicyclic) bond motifs is 3. The summed E-state index contributed by atoms with van der Waals surface area (Å²) in [5.41, 5.74) is 6.68. The van der Waals surface area contributed by atoms with Gasteiger partial charge in [-0.05, 0) is 61.6 Å². The molecule has 0 amide bonds. The van der Waals surface area contributed by atoms with E-state index in [1.165, 1.54) is 43.4 Å². The lowest BCUT2D eigenvalue weighted by molar-refractivity contribution is 0.104. The maximum atomic E-state index is 13.1. The molecule has 0 saturated heterocycles. The zero-order valence-electron chi connectivity index (χ0n) is 16.6. The van der Waals surface area contributed by atoms with E-state index in [1.807, 2.05) is 0 Å². The summed E-state index contributed by atoms with van der Waals surface area (Å²) in [5, 5.41) is 4.42.